The third-order valence-electron chi connectivity index (χ3n) is 4.15. The van der Waals surface area contributed by atoms with Crippen molar-refractivity contribution in [2.24, 2.45) is 0 Å². The molecule has 0 aliphatic carbocycles. The van der Waals surface area contributed by atoms with Gasteiger partial charge in [-0.2, -0.15) is 0 Å². The number of amides is 1. The van der Waals surface area contributed by atoms with Crippen molar-refractivity contribution in [2.45, 2.75) is 31.0 Å². The van der Waals surface area contributed by atoms with Crippen molar-refractivity contribution in [3.8, 4) is 5.75 Å². The van der Waals surface area contributed by atoms with Gasteiger partial charge < -0.3 is 10.1 Å². The number of para-hydroxylation sites is 1. The minimum absolute atomic E-state index is 0.0548. The molecule has 6 nitrogen and oxygen atoms in total. The summed E-state index contributed by atoms with van der Waals surface area (Å²) < 4.78 is 6.95. The van der Waals surface area contributed by atoms with E-state index < -0.39 is 0 Å². The Morgan fingerprint density at radius 3 is 3.04 bits per heavy atom. The van der Waals surface area contributed by atoms with Crippen LogP contribution in [0, 0.1) is 6.92 Å². The zero-order chi connectivity index (χ0) is 17.8. The number of fused-ring (bicyclic) bond motifs is 1. The zero-order valence-electron chi connectivity index (χ0n) is 14.3. The van der Waals surface area contributed by atoms with Crippen molar-refractivity contribution >= 4 is 17.7 Å². The number of nitrogens with zero attached hydrogens (tertiary/aromatic N) is 2. The Bertz CT molecular complexity index is 835. The number of ether oxygens (including phenoxy) is 1. The summed E-state index contributed by atoms with van der Waals surface area (Å²) in [4.78, 5) is 28.8. The molecule has 0 bridgehead atoms. The summed E-state index contributed by atoms with van der Waals surface area (Å²) in [6, 6.07) is 9.15. The molecule has 1 amide bonds. The van der Waals surface area contributed by atoms with E-state index in [4.69, 9.17) is 4.74 Å². The number of carbonyl (C=O) groups excluding carboxylic acids is 1. The maximum atomic E-state index is 12.2. The summed E-state index contributed by atoms with van der Waals surface area (Å²) in [6.07, 6.45) is 0.989. The van der Waals surface area contributed by atoms with Gasteiger partial charge in [-0.3, -0.25) is 14.2 Å². The third-order valence-corrected chi connectivity index (χ3v) is 5.25. The van der Waals surface area contributed by atoms with Gasteiger partial charge in [0.2, 0.25) is 5.91 Å². The van der Waals surface area contributed by atoms with Gasteiger partial charge in [-0.15, -0.1) is 0 Å². The number of aromatic nitrogens is 2. The fraction of sp³-hybridized carbons (Fsp3) is 0.389. The monoisotopic (exact) mass is 359 g/mol. The second-order valence-corrected chi connectivity index (χ2v) is 6.96. The van der Waals surface area contributed by atoms with Crippen LogP contribution in [0.4, 0.5) is 0 Å². The molecule has 132 valence electrons. The van der Waals surface area contributed by atoms with Crippen LogP contribution in [0.3, 0.4) is 0 Å². The molecule has 1 aliphatic heterocycles. The highest BCUT2D eigenvalue weighted by Crippen LogP contribution is 2.31. The number of thioether (sulfide) groups is 1. The van der Waals surface area contributed by atoms with Gasteiger partial charge in [-0.25, -0.2) is 4.98 Å². The van der Waals surface area contributed by atoms with E-state index in [9.17, 15) is 9.59 Å². The second kappa shape index (κ2) is 7.74. The minimum Gasteiger partial charge on any atom is -0.496 e. The van der Waals surface area contributed by atoms with Crippen molar-refractivity contribution < 1.29 is 9.53 Å². The van der Waals surface area contributed by atoms with Gasteiger partial charge in [-0.1, -0.05) is 30.0 Å². The van der Waals surface area contributed by atoms with E-state index in [2.05, 4.69) is 10.3 Å². The van der Waals surface area contributed by atoms with Crippen LogP contribution >= 0.6 is 11.8 Å². The second-order valence-electron chi connectivity index (χ2n) is 5.97. The Morgan fingerprint density at radius 1 is 1.44 bits per heavy atom. The normalized spacial score (nSPS) is 15.7. The molecule has 1 aromatic heterocycles. The van der Waals surface area contributed by atoms with Gasteiger partial charge in [0.1, 0.15) is 5.75 Å². The van der Waals surface area contributed by atoms with Gasteiger partial charge in [0.05, 0.1) is 13.2 Å². The lowest BCUT2D eigenvalue weighted by Gasteiger charge is -2.13. The van der Waals surface area contributed by atoms with Crippen molar-refractivity contribution in [3.05, 3.63) is 51.9 Å². The number of carbonyl (C=O) groups is 1. The lowest BCUT2D eigenvalue weighted by molar-refractivity contribution is -0.121. The molecule has 0 saturated carbocycles. The Morgan fingerprint density at radius 2 is 2.24 bits per heavy atom. The first-order valence-corrected chi connectivity index (χ1v) is 9.18. The first-order valence-electron chi connectivity index (χ1n) is 8.20. The van der Waals surface area contributed by atoms with Gasteiger partial charge in [0.15, 0.2) is 5.16 Å². The molecule has 1 aliphatic rings. The summed E-state index contributed by atoms with van der Waals surface area (Å²) in [5.41, 5.74) is 1.69. The minimum atomic E-state index is -0.133. The van der Waals surface area contributed by atoms with Crippen LogP contribution in [0.2, 0.25) is 0 Å². The molecule has 25 heavy (non-hydrogen) atoms. The van der Waals surface area contributed by atoms with E-state index in [-0.39, 0.29) is 23.9 Å². The summed E-state index contributed by atoms with van der Waals surface area (Å²) in [5.74, 6) is 1.47. The van der Waals surface area contributed by atoms with E-state index in [1.54, 1.807) is 18.6 Å². The predicted octanol–water partition coefficient (Wildman–Crippen LogP) is 1.96. The highest BCUT2D eigenvalue weighted by molar-refractivity contribution is 7.99. The predicted molar refractivity (Wildman–Crippen MR) is 97.3 cm³/mol. The van der Waals surface area contributed by atoms with E-state index in [1.807, 2.05) is 24.3 Å². The molecule has 1 N–H and O–H groups in total. The van der Waals surface area contributed by atoms with Crippen molar-refractivity contribution in [2.75, 3.05) is 19.4 Å². The third kappa shape index (κ3) is 4.04. The van der Waals surface area contributed by atoms with Crippen molar-refractivity contribution in [3.63, 3.8) is 0 Å². The van der Waals surface area contributed by atoms with Gasteiger partial charge in [0, 0.05) is 30.5 Å². The first-order chi connectivity index (χ1) is 12.1. The SMILES string of the molecule is COc1ccccc1CCNC(=O)C[C@H]1CSc2nc(C)cc(=O)n21. The molecule has 7 heteroatoms. The number of hydrogen-bond donors (Lipinski definition) is 1. The molecular weight excluding hydrogens is 338 g/mol. The maximum absolute atomic E-state index is 12.2. The van der Waals surface area contributed by atoms with Crippen molar-refractivity contribution in [1.82, 2.24) is 14.9 Å². The number of nitrogens with one attached hydrogen (secondary N) is 1. The van der Waals surface area contributed by atoms with E-state index in [0.29, 0.717) is 29.6 Å². The number of aryl methyl sites for hydroxylation is 1. The van der Waals surface area contributed by atoms with Gasteiger partial charge in [0.25, 0.3) is 5.56 Å². The van der Waals surface area contributed by atoms with Gasteiger partial charge >= 0.3 is 0 Å². The molecular formula is C18H21N3O3S. The van der Waals surface area contributed by atoms with Crippen LogP contribution in [-0.4, -0.2) is 34.9 Å². The molecule has 0 saturated heterocycles. The fourth-order valence-corrected chi connectivity index (χ4v) is 4.14. The zero-order valence-corrected chi connectivity index (χ0v) is 15.1. The van der Waals surface area contributed by atoms with Crippen LogP contribution in [0.1, 0.15) is 23.7 Å². The highest BCUT2D eigenvalue weighted by atomic mass is 32.2. The van der Waals surface area contributed by atoms with Crippen LogP contribution in [-0.2, 0) is 11.2 Å². The smallest absolute Gasteiger partial charge is 0.254 e. The van der Waals surface area contributed by atoms with E-state index >= 15 is 0 Å². The van der Waals surface area contributed by atoms with Crippen molar-refractivity contribution in [1.29, 1.82) is 0 Å². The maximum Gasteiger partial charge on any atom is 0.254 e. The lowest BCUT2D eigenvalue weighted by Crippen LogP contribution is -2.31. The van der Waals surface area contributed by atoms with E-state index in [0.717, 1.165) is 11.3 Å². The number of methoxy groups -OCH3 is 1. The Hall–Kier alpha value is -2.28. The number of rotatable bonds is 6. The molecule has 0 radical (unpaired) electrons. The standard InChI is InChI=1S/C18H21N3O3S/c1-12-9-17(23)21-14(11-25-18(21)20-12)10-16(22)19-8-7-13-5-3-4-6-15(13)24-2/h3-6,9,14H,7-8,10-11H2,1-2H3,(H,19,22)/t14-/m0/s1. The molecule has 0 spiro atoms. The molecule has 0 unspecified atom stereocenters. The number of hydrogen-bond acceptors (Lipinski definition) is 5. The Labute approximate surface area is 150 Å². The van der Waals surface area contributed by atoms with Crippen LogP contribution in [0.15, 0.2) is 40.3 Å². The Kier molecular flexibility index (Phi) is 5.43. The molecule has 2 aromatic rings. The number of benzene rings is 1. The fourth-order valence-electron chi connectivity index (χ4n) is 2.95. The summed E-state index contributed by atoms with van der Waals surface area (Å²) in [5, 5.41) is 3.64. The van der Waals surface area contributed by atoms with Crippen LogP contribution < -0.4 is 15.6 Å². The summed E-state index contributed by atoms with van der Waals surface area (Å²) in [7, 11) is 1.64. The molecule has 1 atom stereocenters. The first kappa shape index (κ1) is 17.5. The van der Waals surface area contributed by atoms with Crippen LogP contribution in [0.25, 0.3) is 0 Å². The molecule has 3 rings (SSSR count). The average Bonchev–Trinajstić information content (AvgIpc) is 2.98. The highest BCUT2D eigenvalue weighted by Gasteiger charge is 2.27. The topological polar surface area (TPSA) is 73.2 Å². The molecule has 2 heterocycles. The molecule has 0 fully saturated rings. The lowest BCUT2D eigenvalue weighted by atomic mass is 10.1. The average molecular weight is 359 g/mol. The van der Waals surface area contributed by atoms with E-state index in [1.165, 1.54) is 17.8 Å². The Balaban J connectivity index is 1.56. The largest absolute Gasteiger partial charge is 0.496 e. The van der Waals surface area contributed by atoms with Gasteiger partial charge in [-0.05, 0) is 25.0 Å². The summed E-state index contributed by atoms with van der Waals surface area (Å²) in [6.45, 7) is 2.34. The quantitative estimate of drug-likeness (QED) is 0.798. The summed E-state index contributed by atoms with van der Waals surface area (Å²) >= 11 is 1.53. The molecule has 1 aromatic carbocycles. The van der Waals surface area contributed by atoms with Crippen LogP contribution in [0.5, 0.6) is 5.75 Å².